The van der Waals surface area contributed by atoms with Crippen LogP contribution in [-0.4, -0.2) is 12.6 Å². The van der Waals surface area contributed by atoms with Crippen molar-refractivity contribution in [1.29, 1.82) is 0 Å². The molecule has 0 spiro atoms. The molecule has 15 heavy (non-hydrogen) atoms. The zero-order valence-electron chi connectivity index (χ0n) is 8.57. The second kappa shape index (κ2) is 5.96. The van der Waals surface area contributed by atoms with Gasteiger partial charge in [0, 0.05) is 6.08 Å². The van der Waals surface area contributed by atoms with Crippen LogP contribution in [-0.2, 0) is 9.53 Å². The molecule has 3 heteroatoms. The first-order valence-corrected chi connectivity index (χ1v) is 4.83. The second-order valence-corrected chi connectivity index (χ2v) is 3.05. The predicted octanol–water partition coefficient (Wildman–Crippen LogP) is 2.79. The van der Waals surface area contributed by atoms with Gasteiger partial charge in [0.2, 0.25) is 0 Å². The lowest BCUT2D eigenvalue weighted by molar-refractivity contribution is -0.137. The summed E-state index contributed by atoms with van der Waals surface area (Å²) in [6, 6.07) is 5.88. The van der Waals surface area contributed by atoms with Crippen molar-refractivity contribution in [3.8, 4) is 0 Å². The van der Waals surface area contributed by atoms with Gasteiger partial charge in [-0.25, -0.2) is 9.18 Å². The highest BCUT2D eigenvalue weighted by Crippen LogP contribution is 2.04. The molecule has 0 fully saturated rings. The maximum absolute atomic E-state index is 12.5. The average Bonchev–Trinajstić information content (AvgIpc) is 2.25. The lowest BCUT2D eigenvalue weighted by atomic mass is 10.2. The van der Waals surface area contributed by atoms with Gasteiger partial charge in [0.1, 0.15) is 5.82 Å². The normalized spacial score (nSPS) is 10.5. The fourth-order valence-corrected chi connectivity index (χ4v) is 0.989. The van der Waals surface area contributed by atoms with E-state index in [9.17, 15) is 9.18 Å². The molecule has 2 nitrogen and oxygen atoms in total. The molecule has 0 aliphatic rings. The minimum atomic E-state index is -0.374. The van der Waals surface area contributed by atoms with Gasteiger partial charge in [-0.05, 0) is 30.2 Å². The molecule has 0 N–H and O–H groups in total. The smallest absolute Gasteiger partial charge is 0.330 e. The van der Waals surface area contributed by atoms with E-state index in [-0.39, 0.29) is 11.8 Å². The highest BCUT2D eigenvalue weighted by molar-refractivity contribution is 5.86. The molecule has 0 saturated heterocycles. The van der Waals surface area contributed by atoms with Gasteiger partial charge >= 0.3 is 5.97 Å². The molecule has 0 aromatic heterocycles. The van der Waals surface area contributed by atoms with Crippen molar-refractivity contribution in [3.05, 3.63) is 41.7 Å². The van der Waals surface area contributed by atoms with E-state index in [0.717, 1.165) is 12.0 Å². The third-order valence-electron chi connectivity index (χ3n) is 1.73. The molecule has 80 valence electrons. The van der Waals surface area contributed by atoms with E-state index in [4.69, 9.17) is 4.74 Å². The van der Waals surface area contributed by atoms with Gasteiger partial charge < -0.3 is 4.74 Å². The predicted molar refractivity (Wildman–Crippen MR) is 56.7 cm³/mol. The van der Waals surface area contributed by atoms with Gasteiger partial charge in [-0.2, -0.15) is 0 Å². The number of hydrogen-bond acceptors (Lipinski definition) is 2. The molecule has 0 aliphatic carbocycles. The number of esters is 1. The van der Waals surface area contributed by atoms with Crippen molar-refractivity contribution < 1.29 is 13.9 Å². The summed E-state index contributed by atoms with van der Waals surface area (Å²) in [5.41, 5.74) is 0.768. The SMILES string of the molecule is CCCOC(=O)/C=C/c1ccc(F)cc1. The van der Waals surface area contributed by atoms with Gasteiger partial charge in [0.05, 0.1) is 6.61 Å². The van der Waals surface area contributed by atoms with Gasteiger partial charge in [-0.3, -0.25) is 0 Å². The summed E-state index contributed by atoms with van der Waals surface area (Å²) in [5, 5.41) is 0. The molecule has 1 aromatic carbocycles. The standard InChI is InChI=1S/C12H13FO2/c1-2-9-15-12(14)8-5-10-3-6-11(13)7-4-10/h3-8H,2,9H2,1H3/b8-5+. The number of rotatable bonds is 4. The highest BCUT2D eigenvalue weighted by atomic mass is 19.1. The van der Waals surface area contributed by atoms with Crippen LogP contribution in [0.2, 0.25) is 0 Å². The number of benzene rings is 1. The topological polar surface area (TPSA) is 26.3 Å². The maximum atomic E-state index is 12.5. The molecule has 0 heterocycles. The molecule has 0 unspecified atom stereocenters. The van der Waals surface area contributed by atoms with E-state index in [2.05, 4.69) is 0 Å². The Morgan fingerprint density at radius 1 is 1.40 bits per heavy atom. The second-order valence-electron chi connectivity index (χ2n) is 3.05. The fraction of sp³-hybridized carbons (Fsp3) is 0.250. The molecule has 1 aromatic rings. The van der Waals surface area contributed by atoms with Crippen molar-refractivity contribution in [2.75, 3.05) is 6.61 Å². The van der Waals surface area contributed by atoms with Gasteiger partial charge in [-0.1, -0.05) is 19.1 Å². The van der Waals surface area contributed by atoms with Crippen LogP contribution in [0, 0.1) is 5.82 Å². The molecule has 1 rings (SSSR count). The number of ether oxygens (including phenoxy) is 1. The summed E-state index contributed by atoms with van der Waals surface area (Å²) in [6.45, 7) is 2.35. The lowest BCUT2D eigenvalue weighted by Crippen LogP contribution is -2.00. The quantitative estimate of drug-likeness (QED) is 0.561. The third-order valence-corrected chi connectivity index (χ3v) is 1.73. The van der Waals surface area contributed by atoms with Crippen molar-refractivity contribution in [2.45, 2.75) is 13.3 Å². The summed E-state index contributed by atoms with van der Waals surface area (Å²) in [4.78, 5) is 11.1. The molecule has 0 amide bonds. The van der Waals surface area contributed by atoms with Crippen LogP contribution < -0.4 is 0 Å². The molecular weight excluding hydrogens is 195 g/mol. The van der Waals surface area contributed by atoms with Gasteiger partial charge in [-0.15, -0.1) is 0 Å². The van der Waals surface area contributed by atoms with Crippen LogP contribution >= 0.6 is 0 Å². The number of halogens is 1. The summed E-state index contributed by atoms with van der Waals surface area (Å²) >= 11 is 0. The Labute approximate surface area is 88.4 Å². The Hall–Kier alpha value is -1.64. The molecule has 0 bridgehead atoms. The third kappa shape index (κ3) is 4.40. The van der Waals surface area contributed by atoms with Crippen LogP contribution in [0.5, 0.6) is 0 Å². The first kappa shape index (κ1) is 11.4. The summed E-state index contributed by atoms with van der Waals surface area (Å²) in [5.74, 6) is -0.665. The maximum Gasteiger partial charge on any atom is 0.330 e. The van der Waals surface area contributed by atoms with E-state index in [1.165, 1.54) is 18.2 Å². The molecule has 0 radical (unpaired) electrons. The van der Waals surface area contributed by atoms with Crippen molar-refractivity contribution in [3.63, 3.8) is 0 Å². The van der Waals surface area contributed by atoms with Crippen molar-refractivity contribution >= 4 is 12.0 Å². The van der Waals surface area contributed by atoms with E-state index in [1.54, 1.807) is 18.2 Å². The van der Waals surface area contributed by atoms with Crippen LogP contribution in [0.1, 0.15) is 18.9 Å². The zero-order chi connectivity index (χ0) is 11.1. The van der Waals surface area contributed by atoms with E-state index in [1.807, 2.05) is 6.92 Å². The minimum absolute atomic E-state index is 0.291. The monoisotopic (exact) mass is 208 g/mol. The number of hydrogen-bond donors (Lipinski definition) is 0. The molecule has 0 aliphatic heterocycles. The van der Waals surface area contributed by atoms with Crippen LogP contribution in [0.4, 0.5) is 4.39 Å². The molecular formula is C12H13FO2. The van der Waals surface area contributed by atoms with Crippen LogP contribution in [0.3, 0.4) is 0 Å². The van der Waals surface area contributed by atoms with E-state index in [0.29, 0.717) is 6.61 Å². The summed E-state index contributed by atoms with van der Waals surface area (Å²) in [7, 11) is 0. The first-order chi connectivity index (χ1) is 7.22. The molecule has 0 atom stereocenters. The first-order valence-electron chi connectivity index (χ1n) is 4.83. The van der Waals surface area contributed by atoms with Crippen molar-refractivity contribution in [1.82, 2.24) is 0 Å². The van der Waals surface area contributed by atoms with E-state index < -0.39 is 0 Å². The van der Waals surface area contributed by atoms with E-state index >= 15 is 0 Å². The minimum Gasteiger partial charge on any atom is -0.463 e. The Morgan fingerprint density at radius 2 is 2.07 bits per heavy atom. The largest absolute Gasteiger partial charge is 0.463 e. The lowest BCUT2D eigenvalue weighted by Gasteiger charge is -1.97. The Balaban J connectivity index is 2.50. The Kier molecular flexibility index (Phi) is 4.54. The van der Waals surface area contributed by atoms with Gasteiger partial charge in [0.15, 0.2) is 0 Å². The number of carbonyl (C=O) groups excluding carboxylic acids is 1. The Bertz CT molecular complexity index is 341. The summed E-state index contributed by atoms with van der Waals surface area (Å²) in [6.07, 6.45) is 3.73. The van der Waals surface area contributed by atoms with Gasteiger partial charge in [0.25, 0.3) is 0 Å². The van der Waals surface area contributed by atoms with Crippen LogP contribution in [0.25, 0.3) is 6.08 Å². The highest BCUT2D eigenvalue weighted by Gasteiger charge is 1.95. The fourth-order valence-electron chi connectivity index (χ4n) is 0.989. The number of carbonyl (C=O) groups is 1. The van der Waals surface area contributed by atoms with Crippen molar-refractivity contribution in [2.24, 2.45) is 0 Å². The van der Waals surface area contributed by atoms with Crippen LogP contribution in [0.15, 0.2) is 30.3 Å². The Morgan fingerprint density at radius 3 is 2.67 bits per heavy atom. The zero-order valence-corrected chi connectivity index (χ0v) is 8.57. The average molecular weight is 208 g/mol. The summed E-state index contributed by atoms with van der Waals surface area (Å²) < 4.78 is 17.4. The molecule has 0 saturated carbocycles.